The predicted octanol–water partition coefficient (Wildman–Crippen LogP) is 3.95. The van der Waals surface area contributed by atoms with E-state index >= 15 is 0 Å². The summed E-state index contributed by atoms with van der Waals surface area (Å²) < 4.78 is 13.7. The van der Waals surface area contributed by atoms with E-state index in [-0.39, 0.29) is 5.82 Å². The first-order valence-corrected chi connectivity index (χ1v) is 6.33. The van der Waals surface area contributed by atoms with Crippen molar-refractivity contribution in [3.05, 3.63) is 58.4 Å². The van der Waals surface area contributed by atoms with Gasteiger partial charge in [-0.15, -0.1) is 0 Å². The molecule has 0 aliphatic heterocycles. The fourth-order valence-corrected chi connectivity index (χ4v) is 2.39. The van der Waals surface area contributed by atoms with Crippen molar-refractivity contribution in [2.45, 2.75) is 27.3 Å². The number of hydrogen-bond donors (Lipinski definition) is 2. The normalized spacial score (nSPS) is 10.5. The van der Waals surface area contributed by atoms with Gasteiger partial charge in [0.05, 0.1) is 11.4 Å². The van der Waals surface area contributed by atoms with Crippen LogP contribution in [-0.4, -0.2) is 0 Å². The molecule has 100 valence electrons. The molecular weight excluding hydrogens is 239 g/mol. The van der Waals surface area contributed by atoms with Crippen molar-refractivity contribution >= 4 is 11.4 Å². The molecule has 0 amide bonds. The first kappa shape index (κ1) is 13.4. The van der Waals surface area contributed by atoms with Crippen molar-refractivity contribution in [2.75, 3.05) is 11.1 Å². The van der Waals surface area contributed by atoms with E-state index in [2.05, 4.69) is 38.2 Å². The monoisotopic (exact) mass is 258 g/mol. The minimum absolute atomic E-state index is 0.317. The van der Waals surface area contributed by atoms with Crippen LogP contribution in [0.25, 0.3) is 0 Å². The fraction of sp³-hybridized carbons (Fsp3) is 0.250. The maximum absolute atomic E-state index is 13.7. The van der Waals surface area contributed by atoms with Gasteiger partial charge in [-0.25, -0.2) is 4.39 Å². The third-order valence-corrected chi connectivity index (χ3v) is 3.33. The summed E-state index contributed by atoms with van der Waals surface area (Å²) in [5, 5.41) is 3.10. The lowest BCUT2D eigenvalue weighted by atomic mass is 10.00. The van der Waals surface area contributed by atoms with Crippen LogP contribution in [0, 0.1) is 26.6 Å². The third kappa shape index (κ3) is 2.87. The molecule has 0 saturated heterocycles. The van der Waals surface area contributed by atoms with Crippen molar-refractivity contribution in [1.29, 1.82) is 0 Å². The van der Waals surface area contributed by atoms with Crippen LogP contribution in [0.15, 0.2) is 30.3 Å². The maximum Gasteiger partial charge on any atom is 0.148 e. The topological polar surface area (TPSA) is 38.0 Å². The molecule has 0 atom stereocenters. The number of aryl methyl sites for hydroxylation is 3. The molecule has 0 spiro atoms. The molecule has 2 nitrogen and oxygen atoms in total. The number of hydrogen-bond acceptors (Lipinski definition) is 2. The number of nitrogens with one attached hydrogen (secondary N) is 1. The summed E-state index contributed by atoms with van der Waals surface area (Å²) in [5.41, 5.74) is 11.4. The van der Waals surface area contributed by atoms with Gasteiger partial charge >= 0.3 is 0 Å². The minimum atomic E-state index is -0.317. The third-order valence-electron chi connectivity index (χ3n) is 3.33. The Kier molecular flexibility index (Phi) is 3.74. The predicted molar refractivity (Wildman–Crippen MR) is 78.8 cm³/mol. The van der Waals surface area contributed by atoms with Crippen LogP contribution in [0.3, 0.4) is 0 Å². The molecule has 2 aromatic rings. The zero-order valence-electron chi connectivity index (χ0n) is 11.5. The SMILES string of the molecule is Cc1cc(C)c(CNc2c(N)cccc2F)c(C)c1. The lowest BCUT2D eigenvalue weighted by Gasteiger charge is -2.14. The highest BCUT2D eigenvalue weighted by Crippen LogP contribution is 2.24. The number of nitrogens with two attached hydrogens (primary N) is 1. The summed E-state index contributed by atoms with van der Waals surface area (Å²) in [6, 6.07) is 8.98. The van der Waals surface area contributed by atoms with E-state index in [0.29, 0.717) is 17.9 Å². The van der Waals surface area contributed by atoms with Gasteiger partial charge in [0.25, 0.3) is 0 Å². The van der Waals surface area contributed by atoms with E-state index in [1.54, 1.807) is 12.1 Å². The van der Waals surface area contributed by atoms with Crippen molar-refractivity contribution in [1.82, 2.24) is 0 Å². The highest BCUT2D eigenvalue weighted by Gasteiger charge is 2.08. The molecule has 0 fully saturated rings. The quantitative estimate of drug-likeness (QED) is 0.818. The minimum Gasteiger partial charge on any atom is -0.397 e. The van der Waals surface area contributed by atoms with Crippen molar-refractivity contribution in [3.63, 3.8) is 0 Å². The van der Waals surface area contributed by atoms with Gasteiger partial charge in [0.15, 0.2) is 0 Å². The van der Waals surface area contributed by atoms with Crippen molar-refractivity contribution in [3.8, 4) is 0 Å². The number of rotatable bonds is 3. The summed E-state index contributed by atoms with van der Waals surface area (Å²) in [7, 11) is 0. The average Bonchev–Trinajstić information content (AvgIpc) is 2.31. The molecule has 0 aromatic heterocycles. The molecule has 3 N–H and O–H groups in total. The van der Waals surface area contributed by atoms with Crippen LogP contribution in [0.5, 0.6) is 0 Å². The Morgan fingerprint density at radius 3 is 2.32 bits per heavy atom. The van der Waals surface area contributed by atoms with Gasteiger partial charge in [0, 0.05) is 6.54 Å². The molecule has 19 heavy (non-hydrogen) atoms. The molecular formula is C16H19FN2. The summed E-state index contributed by atoms with van der Waals surface area (Å²) >= 11 is 0. The zero-order valence-corrected chi connectivity index (χ0v) is 11.5. The van der Waals surface area contributed by atoms with E-state index in [4.69, 9.17) is 5.73 Å². The van der Waals surface area contributed by atoms with Gasteiger partial charge in [0.2, 0.25) is 0 Å². The molecule has 0 unspecified atom stereocenters. The Hall–Kier alpha value is -2.03. The summed E-state index contributed by atoms with van der Waals surface area (Å²) in [6.45, 7) is 6.79. The first-order valence-electron chi connectivity index (χ1n) is 6.33. The Bertz CT molecular complexity index is 562. The Morgan fingerprint density at radius 1 is 1.11 bits per heavy atom. The van der Waals surface area contributed by atoms with Gasteiger partial charge in [-0.2, -0.15) is 0 Å². The van der Waals surface area contributed by atoms with Crippen LogP contribution in [0.2, 0.25) is 0 Å². The van der Waals surface area contributed by atoms with E-state index in [1.165, 1.54) is 28.3 Å². The smallest absolute Gasteiger partial charge is 0.148 e. The number of benzene rings is 2. The van der Waals surface area contributed by atoms with E-state index in [9.17, 15) is 4.39 Å². The summed E-state index contributed by atoms with van der Waals surface area (Å²) in [5.74, 6) is -0.317. The van der Waals surface area contributed by atoms with E-state index < -0.39 is 0 Å². The average molecular weight is 258 g/mol. The first-order chi connectivity index (χ1) is 8.99. The van der Waals surface area contributed by atoms with Gasteiger partial charge in [-0.05, 0) is 49.6 Å². The maximum atomic E-state index is 13.7. The number of halogens is 1. The van der Waals surface area contributed by atoms with Crippen LogP contribution in [0.1, 0.15) is 22.3 Å². The van der Waals surface area contributed by atoms with Crippen LogP contribution in [-0.2, 0) is 6.54 Å². The van der Waals surface area contributed by atoms with Gasteiger partial charge in [0.1, 0.15) is 5.82 Å². The second kappa shape index (κ2) is 5.31. The number of anilines is 2. The lowest BCUT2D eigenvalue weighted by molar-refractivity contribution is 0.630. The molecule has 0 radical (unpaired) electrons. The highest BCUT2D eigenvalue weighted by atomic mass is 19.1. The molecule has 0 saturated carbocycles. The van der Waals surface area contributed by atoms with E-state index in [0.717, 1.165) is 0 Å². The Morgan fingerprint density at radius 2 is 1.74 bits per heavy atom. The highest BCUT2D eigenvalue weighted by molar-refractivity contribution is 5.66. The standard InChI is InChI=1S/C16H19FN2/c1-10-7-11(2)13(12(3)8-10)9-19-16-14(17)5-4-6-15(16)18/h4-8,19H,9,18H2,1-3H3. The van der Waals surface area contributed by atoms with Crippen molar-refractivity contribution in [2.24, 2.45) is 0 Å². The number of nitrogen functional groups attached to an aromatic ring is 1. The van der Waals surface area contributed by atoms with Gasteiger partial charge < -0.3 is 11.1 Å². The molecule has 0 aliphatic carbocycles. The van der Waals surface area contributed by atoms with E-state index in [1.807, 2.05) is 0 Å². The largest absolute Gasteiger partial charge is 0.397 e. The molecule has 0 bridgehead atoms. The second-order valence-electron chi connectivity index (χ2n) is 4.93. The number of para-hydroxylation sites is 1. The molecule has 0 aliphatic rings. The lowest BCUT2D eigenvalue weighted by Crippen LogP contribution is -2.07. The summed E-state index contributed by atoms with van der Waals surface area (Å²) in [4.78, 5) is 0. The molecule has 3 heteroatoms. The molecule has 2 rings (SSSR count). The fourth-order valence-electron chi connectivity index (χ4n) is 2.39. The zero-order chi connectivity index (χ0) is 14.0. The van der Waals surface area contributed by atoms with Crippen molar-refractivity contribution < 1.29 is 4.39 Å². The van der Waals surface area contributed by atoms with Gasteiger partial charge in [-0.3, -0.25) is 0 Å². The summed E-state index contributed by atoms with van der Waals surface area (Å²) in [6.07, 6.45) is 0. The Balaban J connectivity index is 2.24. The van der Waals surface area contributed by atoms with Crippen LogP contribution >= 0.6 is 0 Å². The Labute approximate surface area is 113 Å². The van der Waals surface area contributed by atoms with Crippen LogP contribution < -0.4 is 11.1 Å². The van der Waals surface area contributed by atoms with Crippen LogP contribution in [0.4, 0.5) is 15.8 Å². The van der Waals surface area contributed by atoms with Gasteiger partial charge in [-0.1, -0.05) is 23.8 Å². The molecule has 2 aromatic carbocycles. The second-order valence-corrected chi connectivity index (χ2v) is 4.93. The molecule has 0 heterocycles.